The Morgan fingerprint density at radius 3 is 3.17 bits per heavy atom. The fourth-order valence-electron chi connectivity index (χ4n) is 1.36. The van der Waals surface area contributed by atoms with Crippen molar-refractivity contribution in [2.75, 3.05) is 6.54 Å². The van der Waals surface area contributed by atoms with Gasteiger partial charge in [-0.25, -0.2) is 0 Å². The van der Waals surface area contributed by atoms with E-state index in [4.69, 9.17) is 14.3 Å². The third kappa shape index (κ3) is 2.21. The van der Waals surface area contributed by atoms with Gasteiger partial charge in [-0.15, -0.1) is 0 Å². The molecule has 0 aliphatic rings. The minimum Gasteiger partial charge on any atom is -0.411 e. The van der Waals surface area contributed by atoms with E-state index in [1.54, 1.807) is 6.92 Å². The van der Waals surface area contributed by atoms with Crippen molar-refractivity contribution in [3.8, 4) is 11.3 Å². The highest BCUT2D eigenvalue weighted by atomic mass is 16.5. The molecule has 18 heavy (non-hydrogen) atoms. The highest BCUT2D eigenvalue weighted by molar-refractivity contribution is 5.98. The van der Waals surface area contributed by atoms with E-state index < -0.39 is 0 Å². The van der Waals surface area contributed by atoms with Gasteiger partial charge in [-0.2, -0.15) is 0 Å². The van der Waals surface area contributed by atoms with Crippen LogP contribution in [0.5, 0.6) is 0 Å². The second kappa shape index (κ2) is 5.13. The van der Waals surface area contributed by atoms with Crippen LogP contribution in [-0.2, 0) is 0 Å². The van der Waals surface area contributed by atoms with Gasteiger partial charge in [0.05, 0.1) is 11.8 Å². The average molecular weight is 250 g/mol. The highest BCUT2D eigenvalue weighted by Crippen LogP contribution is 2.23. The zero-order valence-corrected chi connectivity index (χ0v) is 9.45. The van der Waals surface area contributed by atoms with Crippen molar-refractivity contribution in [3.05, 3.63) is 23.7 Å². The van der Waals surface area contributed by atoms with E-state index in [1.165, 1.54) is 12.3 Å². The molecule has 0 radical (unpaired) electrons. The van der Waals surface area contributed by atoms with Crippen molar-refractivity contribution in [2.45, 2.75) is 6.92 Å². The summed E-state index contributed by atoms with van der Waals surface area (Å²) in [7, 11) is 0. The quantitative estimate of drug-likeness (QED) is 0.473. The van der Waals surface area contributed by atoms with Gasteiger partial charge in [0, 0.05) is 12.6 Å². The van der Waals surface area contributed by atoms with E-state index in [0.29, 0.717) is 23.6 Å². The van der Waals surface area contributed by atoms with Gasteiger partial charge >= 0.3 is 0 Å². The molecule has 0 spiro atoms. The van der Waals surface area contributed by atoms with Crippen LogP contribution in [0.2, 0.25) is 0 Å². The van der Waals surface area contributed by atoms with Gasteiger partial charge in [-0.3, -0.25) is 4.79 Å². The van der Waals surface area contributed by atoms with E-state index >= 15 is 0 Å². The Labute approximate surface area is 101 Å². The van der Waals surface area contributed by atoms with Crippen LogP contribution in [0.25, 0.3) is 11.3 Å². The minimum absolute atomic E-state index is 0.112. The van der Waals surface area contributed by atoms with Crippen molar-refractivity contribution in [3.63, 3.8) is 0 Å². The maximum absolute atomic E-state index is 11.7. The van der Waals surface area contributed by atoms with E-state index in [-0.39, 0.29) is 11.6 Å². The number of nitrogens with one attached hydrogen (secondary N) is 1. The Bertz CT molecular complexity index is 572. The zero-order valence-electron chi connectivity index (χ0n) is 9.45. The monoisotopic (exact) mass is 250 g/mol. The van der Waals surface area contributed by atoms with Crippen LogP contribution < -0.4 is 5.32 Å². The molecule has 94 valence electrons. The van der Waals surface area contributed by atoms with Crippen LogP contribution >= 0.6 is 0 Å². The van der Waals surface area contributed by atoms with Crippen molar-refractivity contribution >= 4 is 12.1 Å². The Kier molecular flexibility index (Phi) is 3.37. The second-order valence-electron chi connectivity index (χ2n) is 3.30. The zero-order chi connectivity index (χ0) is 13.0. The van der Waals surface area contributed by atoms with Gasteiger partial charge in [-0.05, 0) is 6.92 Å². The number of hydrogen-bond acceptors (Lipinski definition) is 7. The van der Waals surface area contributed by atoms with Crippen molar-refractivity contribution < 1.29 is 19.0 Å². The van der Waals surface area contributed by atoms with E-state index in [9.17, 15) is 4.79 Å². The number of hydrogen-bond donors (Lipinski definition) is 2. The second-order valence-corrected chi connectivity index (χ2v) is 3.30. The number of rotatable bonds is 4. The van der Waals surface area contributed by atoms with Gasteiger partial charge in [0.15, 0.2) is 11.5 Å². The molecular weight excluding hydrogens is 240 g/mol. The Hall–Kier alpha value is -2.64. The summed E-state index contributed by atoms with van der Waals surface area (Å²) in [5.41, 5.74) is 0.807. The molecule has 0 aliphatic carbocycles. The lowest BCUT2D eigenvalue weighted by Gasteiger charge is -1.98. The molecule has 0 bridgehead atoms. The number of amides is 1. The summed E-state index contributed by atoms with van der Waals surface area (Å²) >= 11 is 0. The predicted octanol–water partition coefficient (Wildman–Crippen LogP) is 0.887. The topological polar surface area (TPSA) is 114 Å². The van der Waals surface area contributed by atoms with Crippen LogP contribution in [0, 0.1) is 0 Å². The van der Waals surface area contributed by atoms with Gasteiger partial charge in [0.1, 0.15) is 12.0 Å². The van der Waals surface area contributed by atoms with Crippen molar-refractivity contribution in [1.82, 2.24) is 15.6 Å². The van der Waals surface area contributed by atoms with Crippen LogP contribution in [0.3, 0.4) is 0 Å². The Morgan fingerprint density at radius 1 is 1.61 bits per heavy atom. The molecule has 0 aromatic carbocycles. The number of nitrogens with zero attached hydrogens (tertiary/aromatic N) is 3. The number of carbonyl (C=O) groups is 1. The first-order chi connectivity index (χ1) is 8.76. The molecule has 2 N–H and O–H groups in total. The fraction of sp³-hybridized carbons (Fsp3) is 0.200. The standard InChI is InChI=1S/C10H10N4O4/c1-2-11-10(15)9-7(5-17-14-9)8-3-6(4-12-16)13-18-8/h3-5,16H,2H2,1H3,(H,11,15)/b12-4+. The van der Waals surface area contributed by atoms with Crippen molar-refractivity contribution in [2.24, 2.45) is 5.16 Å². The number of carbonyl (C=O) groups excluding carboxylic acids is 1. The smallest absolute Gasteiger partial charge is 0.274 e. The van der Waals surface area contributed by atoms with E-state index in [0.717, 1.165) is 6.21 Å². The molecule has 2 heterocycles. The molecule has 2 aromatic heterocycles. The summed E-state index contributed by atoms with van der Waals surface area (Å²) in [5.74, 6) is -0.0672. The maximum Gasteiger partial charge on any atom is 0.274 e. The van der Waals surface area contributed by atoms with Gasteiger partial charge in [0.2, 0.25) is 0 Å². The largest absolute Gasteiger partial charge is 0.411 e. The lowest BCUT2D eigenvalue weighted by Crippen LogP contribution is -2.23. The van der Waals surface area contributed by atoms with Crippen LogP contribution in [0.4, 0.5) is 0 Å². The molecule has 2 rings (SSSR count). The summed E-state index contributed by atoms with van der Waals surface area (Å²) < 4.78 is 9.75. The molecular formula is C10H10N4O4. The first-order valence-corrected chi connectivity index (χ1v) is 5.13. The molecule has 0 fully saturated rings. The first-order valence-electron chi connectivity index (χ1n) is 5.13. The van der Waals surface area contributed by atoms with Crippen LogP contribution in [0.15, 0.2) is 26.5 Å². The fourth-order valence-corrected chi connectivity index (χ4v) is 1.36. The molecule has 0 saturated heterocycles. The molecule has 8 nitrogen and oxygen atoms in total. The predicted molar refractivity (Wildman–Crippen MR) is 59.4 cm³/mol. The molecule has 0 aliphatic heterocycles. The molecule has 0 unspecified atom stereocenters. The molecule has 2 aromatic rings. The molecule has 0 saturated carbocycles. The van der Waals surface area contributed by atoms with Crippen LogP contribution in [0.1, 0.15) is 23.1 Å². The minimum atomic E-state index is -0.366. The molecule has 1 amide bonds. The van der Waals surface area contributed by atoms with Gasteiger partial charge in [-0.1, -0.05) is 15.5 Å². The average Bonchev–Trinajstić information content (AvgIpc) is 2.96. The number of oxime groups is 1. The summed E-state index contributed by atoms with van der Waals surface area (Å²) in [5, 5.41) is 21.0. The van der Waals surface area contributed by atoms with E-state index in [2.05, 4.69) is 20.8 Å². The maximum atomic E-state index is 11.7. The molecule has 8 heteroatoms. The SMILES string of the molecule is CCNC(=O)c1nocc1-c1cc(/C=N/O)no1. The summed E-state index contributed by atoms with van der Waals surface area (Å²) in [6, 6.07) is 1.50. The van der Waals surface area contributed by atoms with Crippen LogP contribution in [-0.4, -0.2) is 34.2 Å². The summed E-state index contributed by atoms with van der Waals surface area (Å²) in [4.78, 5) is 11.7. The third-order valence-electron chi connectivity index (χ3n) is 2.11. The summed E-state index contributed by atoms with van der Waals surface area (Å²) in [6.07, 6.45) is 2.39. The lowest BCUT2D eigenvalue weighted by atomic mass is 10.2. The normalized spacial score (nSPS) is 10.9. The Balaban J connectivity index is 2.32. The highest BCUT2D eigenvalue weighted by Gasteiger charge is 2.20. The van der Waals surface area contributed by atoms with Crippen molar-refractivity contribution in [1.29, 1.82) is 0 Å². The Morgan fingerprint density at radius 2 is 2.44 bits per heavy atom. The first kappa shape index (κ1) is 11.8. The number of aromatic nitrogens is 2. The van der Waals surface area contributed by atoms with E-state index in [1.807, 2.05) is 0 Å². The van der Waals surface area contributed by atoms with Gasteiger partial charge in [0.25, 0.3) is 5.91 Å². The summed E-state index contributed by atoms with van der Waals surface area (Å²) in [6.45, 7) is 2.27. The lowest BCUT2D eigenvalue weighted by molar-refractivity contribution is 0.0947. The molecule has 0 atom stereocenters. The van der Waals surface area contributed by atoms with Gasteiger partial charge < -0.3 is 19.6 Å². The third-order valence-corrected chi connectivity index (χ3v) is 2.11.